The number of benzene rings is 1. The number of methoxy groups -OCH3 is 1. The average Bonchev–Trinajstić information content (AvgIpc) is 2.85. The summed E-state index contributed by atoms with van der Waals surface area (Å²) in [5.41, 5.74) is 7.35. The van der Waals surface area contributed by atoms with Crippen molar-refractivity contribution in [1.82, 2.24) is 14.8 Å². The van der Waals surface area contributed by atoms with Crippen LogP contribution in [-0.2, 0) is 13.0 Å². The average molecular weight is 353 g/mol. The van der Waals surface area contributed by atoms with Crippen molar-refractivity contribution in [2.24, 2.45) is 11.7 Å². The maximum Gasteiger partial charge on any atom is 0.138 e. The molecule has 0 aliphatic carbocycles. The minimum absolute atomic E-state index is 0.162. The van der Waals surface area contributed by atoms with Crippen LogP contribution in [0.2, 0.25) is 0 Å². The fourth-order valence-corrected chi connectivity index (χ4v) is 2.72. The molecule has 0 amide bonds. The molecule has 1 aromatic carbocycles. The van der Waals surface area contributed by atoms with E-state index >= 15 is 0 Å². The lowest BCUT2D eigenvalue weighted by atomic mass is 10.0. The molecular weight excluding hydrogens is 332 g/mol. The molecule has 0 aliphatic rings. The highest BCUT2D eigenvalue weighted by atomic mass is 79.9. The Labute approximate surface area is 133 Å². The fraction of sp³-hybridized carbons (Fsp3) is 0.467. The molecule has 2 N–H and O–H groups in total. The van der Waals surface area contributed by atoms with Gasteiger partial charge in [0.25, 0.3) is 0 Å². The molecule has 0 spiro atoms. The third kappa shape index (κ3) is 4.04. The molecular formula is C15H21BrN4O. The Morgan fingerprint density at radius 2 is 2.14 bits per heavy atom. The molecule has 0 saturated heterocycles. The summed E-state index contributed by atoms with van der Waals surface area (Å²) in [7, 11) is 1.65. The van der Waals surface area contributed by atoms with Crippen LogP contribution in [0.15, 0.2) is 29.0 Å². The van der Waals surface area contributed by atoms with E-state index in [-0.39, 0.29) is 6.04 Å². The van der Waals surface area contributed by atoms with Gasteiger partial charge >= 0.3 is 0 Å². The van der Waals surface area contributed by atoms with Gasteiger partial charge in [0.1, 0.15) is 17.9 Å². The summed E-state index contributed by atoms with van der Waals surface area (Å²) < 4.78 is 8.17. The highest BCUT2D eigenvalue weighted by Crippen LogP contribution is 2.28. The maximum absolute atomic E-state index is 6.34. The van der Waals surface area contributed by atoms with Gasteiger partial charge in [0.15, 0.2) is 0 Å². The molecule has 6 heteroatoms. The predicted molar refractivity (Wildman–Crippen MR) is 86.2 cm³/mol. The molecule has 21 heavy (non-hydrogen) atoms. The van der Waals surface area contributed by atoms with Gasteiger partial charge in [-0.05, 0) is 29.7 Å². The van der Waals surface area contributed by atoms with Gasteiger partial charge in [0.2, 0.25) is 0 Å². The number of hydrogen-bond donors (Lipinski definition) is 1. The van der Waals surface area contributed by atoms with Crippen LogP contribution >= 0.6 is 15.9 Å². The fourth-order valence-electron chi connectivity index (χ4n) is 2.18. The molecule has 0 saturated carbocycles. The standard InChI is InChI=1S/C15H21BrN4O/c1-10(2)8-20-15(18-9-19-20)7-14(17)12-6-11(21-3)4-5-13(12)16/h4-6,9-10,14H,7-8,17H2,1-3H3. The van der Waals surface area contributed by atoms with Gasteiger partial charge in [0, 0.05) is 23.5 Å². The second-order valence-corrected chi connectivity index (χ2v) is 6.30. The zero-order chi connectivity index (χ0) is 15.4. The molecule has 114 valence electrons. The van der Waals surface area contributed by atoms with Crippen LogP contribution in [0.4, 0.5) is 0 Å². The van der Waals surface area contributed by atoms with Crippen LogP contribution in [-0.4, -0.2) is 21.9 Å². The van der Waals surface area contributed by atoms with E-state index in [0.29, 0.717) is 12.3 Å². The van der Waals surface area contributed by atoms with E-state index in [9.17, 15) is 0 Å². The number of ether oxygens (including phenoxy) is 1. The highest BCUT2D eigenvalue weighted by Gasteiger charge is 2.16. The molecule has 0 fully saturated rings. The van der Waals surface area contributed by atoms with E-state index in [2.05, 4.69) is 39.9 Å². The Hall–Kier alpha value is -1.40. The normalized spacial score (nSPS) is 12.7. The summed E-state index contributed by atoms with van der Waals surface area (Å²) in [6.07, 6.45) is 2.23. The molecule has 1 heterocycles. The van der Waals surface area contributed by atoms with Gasteiger partial charge < -0.3 is 10.5 Å². The first-order chi connectivity index (χ1) is 10.0. The van der Waals surface area contributed by atoms with Crippen molar-refractivity contribution in [2.75, 3.05) is 7.11 Å². The summed E-state index contributed by atoms with van der Waals surface area (Å²) >= 11 is 3.54. The van der Waals surface area contributed by atoms with Gasteiger partial charge in [-0.25, -0.2) is 9.67 Å². The third-order valence-corrected chi connectivity index (χ3v) is 3.96. The van der Waals surface area contributed by atoms with E-state index in [1.54, 1.807) is 13.4 Å². The van der Waals surface area contributed by atoms with Crippen molar-refractivity contribution in [1.29, 1.82) is 0 Å². The van der Waals surface area contributed by atoms with E-state index in [4.69, 9.17) is 10.5 Å². The van der Waals surface area contributed by atoms with Gasteiger partial charge in [-0.15, -0.1) is 0 Å². The SMILES string of the molecule is COc1ccc(Br)c(C(N)Cc2ncnn2CC(C)C)c1. The molecule has 0 radical (unpaired) electrons. The van der Waals surface area contributed by atoms with Crippen molar-refractivity contribution in [3.63, 3.8) is 0 Å². The van der Waals surface area contributed by atoms with Crippen molar-refractivity contribution in [3.05, 3.63) is 40.4 Å². The number of halogens is 1. The van der Waals surface area contributed by atoms with E-state index in [1.165, 1.54) is 0 Å². The second kappa shape index (κ2) is 7.04. The summed E-state index contributed by atoms with van der Waals surface area (Å²) in [6.45, 7) is 5.16. The van der Waals surface area contributed by atoms with E-state index in [0.717, 1.165) is 28.2 Å². The number of nitrogens with two attached hydrogens (primary N) is 1. The van der Waals surface area contributed by atoms with Crippen LogP contribution in [0.3, 0.4) is 0 Å². The molecule has 0 bridgehead atoms. The van der Waals surface area contributed by atoms with Crippen molar-refractivity contribution in [2.45, 2.75) is 32.9 Å². The third-order valence-electron chi connectivity index (χ3n) is 3.24. The summed E-state index contributed by atoms with van der Waals surface area (Å²) in [5.74, 6) is 2.23. The van der Waals surface area contributed by atoms with Gasteiger partial charge in [-0.1, -0.05) is 29.8 Å². The largest absolute Gasteiger partial charge is 0.497 e. The van der Waals surface area contributed by atoms with Crippen LogP contribution in [0.1, 0.15) is 31.3 Å². The zero-order valence-corrected chi connectivity index (χ0v) is 14.2. The van der Waals surface area contributed by atoms with Crippen molar-refractivity contribution < 1.29 is 4.74 Å². The number of nitrogens with zero attached hydrogens (tertiary/aromatic N) is 3. The molecule has 5 nitrogen and oxygen atoms in total. The second-order valence-electron chi connectivity index (χ2n) is 5.45. The van der Waals surface area contributed by atoms with E-state index in [1.807, 2.05) is 22.9 Å². The van der Waals surface area contributed by atoms with Crippen molar-refractivity contribution in [3.8, 4) is 5.75 Å². The number of aromatic nitrogens is 3. The first-order valence-corrected chi connectivity index (χ1v) is 7.76. The Bertz CT molecular complexity index is 597. The van der Waals surface area contributed by atoms with Crippen LogP contribution in [0, 0.1) is 5.92 Å². The molecule has 2 rings (SSSR count). The zero-order valence-electron chi connectivity index (χ0n) is 12.6. The molecule has 2 aromatic rings. The Balaban J connectivity index is 2.18. The number of hydrogen-bond acceptors (Lipinski definition) is 4. The lowest BCUT2D eigenvalue weighted by Gasteiger charge is -2.16. The Morgan fingerprint density at radius 3 is 2.81 bits per heavy atom. The lowest BCUT2D eigenvalue weighted by molar-refractivity contribution is 0.413. The molecule has 1 aromatic heterocycles. The monoisotopic (exact) mass is 352 g/mol. The number of rotatable bonds is 6. The Kier molecular flexibility index (Phi) is 5.36. The summed E-state index contributed by atoms with van der Waals surface area (Å²) in [6, 6.07) is 5.65. The summed E-state index contributed by atoms with van der Waals surface area (Å²) in [4.78, 5) is 4.33. The van der Waals surface area contributed by atoms with Crippen LogP contribution < -0.4 is 10.5 Å². The smallest absolute Gasteiger partial charge is 0.138 e. The van der Waals surface area contributed by atoms with Crippen LogP contribution in [0.5, 0.6) is 5.75 Å². The highest BCUT2D eigenvalue weighted by molar-refractivity contribution is 9.10. The molecule has 0 aliphatic heterocycles. The van der Waals surface area contributed by atoms with Gasteiger partial charge in [-0.3, -0.25) is 0 Å². The first kappa shape index (κ1) is 16.0. The minimum atomic E-state index is -0.162. The lowest BCUT2D eigenvalue weighted by Crippen LogP contribution is -2.19. The summed E-state index contributed by atoms with van der Waals surface area (Å²) in [5, 5.41) is 4.27. The molecule has 1 atom stereocenters. The topological polar surface area (TPSA) is 66.0 Å². The first-order valence-electron chi connectivity index (χ1n) is 6.97. The quantitative estimate of drug-likeness (QED) is 0.867. The van der Waals surface area contributed by atoms with Crippen molar-refractivity contribution >= 4 is 15.9 Å². The van der Waals surface area contributed by atoms with Gasteiger partial charge in [0.05, 0.1) is 7.11 Å². The molecule has 1 unspecified atom stereocenters. The van der Waals surface area contributed by atoms with Gasteiger partial charge in [-0.2, -0.15) is 5.10 Å². The maximum atomic E-state index is 6.34. The van der Waals surface area contributed by atoms with E-state index < -0.39 is 0 Å². The van der Waals surface area contributed by atoms with Crippen LogP contribution in [0.25, 0.3) is 0 Å². The minimum Gasteiger partial charge on any atom is -0.497 e. The Morgan fingerprint density at radius 1 is 1.38 bits per heavy atom. The predicted octanol–water partition coefficient (Wildman–Crippen LogP) is 2.95.